The minimum atomic E-state index is 0.322. The fraction of sp³-hybridized carbons (Fsp3) is 0.600. The number of nitriles is 2. The molecular weight excluding hydrogens is 268 g/mol. The number of hydrogen-bond donors (Lipinski definition) is 2. The summed E-state index contributed by atoms with van der Waals surface area (Å²) in [5.41, 5.74) is 6.59. The first kappa shape index (κ1) is 13.3. The highest BCUT2D eigenvalue weighted by Gasteiger charge is 2.42. The van der Waals surface area contributed by atoms with Crippen LogP contribution in [0, 0.1) is 40.4 Å². The largest absolute Gasteiger partial charge is 0.396 e. The number of nitrogens with one attached hydrogen (secondary N) is 1. The number of anilines is 2. The molecule has 0 spiro atoms. The van der Waals surface area contributed by atoms with Crippen LogP contribution in [0.1, 0.15) is 43.0 Å². The number of nitrogens with two attached hydrogens (primary N) is 1. The van der Waals surface area contributed by atoms with E-state index in [2.05, 4.69) is 24.4 Å². The Morgan fingerprint density at radius 2 is 2.10 bits per heavy atom. The Morgan fingerprint density at radius 3 is 2.65 bits per heavy atom. The number of hydrogen-bond acceptors (Lipinski definition) is 5. The summed E-state index contributed by atoms with van der Waals surface area (Å²) in [5, 5.41) is 22.5. The summed E-state index contributed by atoms with van der Waals surface area (Å²) in [6.45, 7) is 2.19. The number of nitrogen functional groups attached to an aromatic ring is 1. The molecule has 5 heteroatoms. The molecule has 1 heterocycles. The third kappa shape index (κ3) is 2.03. The van der Waals surface area contributed by atoms with Crippen LogP contribution in [0.25, 0.3) is 0 Å². The third-order valence-corrected chi connectivity index (χ3v) is 5.99. The van der Waals surface area contributed by atoms with E-state index in [1.54, 1.807) is 0 Å². The summed E-state index contributed by atoms with van der Waals surface area (Å²) in [4.78, 5) is 0.434. The number of thiophene rings is 1. The first-order chi connectivity index (χ1) is 9.63. The van der Waals surface area contributed by atoms with Crippen molar-refractivity contribution in [3.8, 4) is 12.1 Å². The molecule has 104 valence electrons. The van der Waals surface area contributed by atoms with Gasteiger partial charge in [0, 0.05) is 6.04 Å². The lowest BCUT2D eigenvalue weighted by atomic mass is 9.84. The Hall–Kier alpha value is -1.72. The van der Waals surface area contributed by atoms with Gasteiger partial charge in [-0.2, -0.15) is 10.5 Å². The molecule has 3 N–H and O–H groups in total. The van der Waals surface area contributed by atoms with Crippen molar-refractivity contribution >= 4 is 22.0 Å². The number of nitrogens with zero attached hydrogens (tertiary/aromatic N) is 2. The average molecular weight is 286 g/mol. The van der Waals surface area contributed by atoms with Gasteiger partial charge in [0.25, 0.3) is 0 Å². The van der Waals surface area contributed by atoms with Gasteiger partial charge < -0.3 is 11.1 Å². The molecule has 3 rings (SSSR count). The molecule has 4 atom stereocenters. The second kappa shape index (κ2) is 5.00. The minimum Gasteiger partial charge on any atom is -0.396 e. The smallest absolute Gasteiger partial charge is 0.131 e. The van der Waals surface area contributed by atoms with Crippen LogP contribution < -0.4 is 11.1 Å². The molecule has 0 amide bonds. The van der Waals surface area contributed by atoms with Crippen molar-refractivity contribution in [1.29, 1.82) is 10.5 Å². The minimum absolute atomic E-state index is 0.322. The highest BCUT2D eigenvalue weighted by molar-refractivity contribution is 7.17. The Kier molecular flexibility index (Phi) is 3.31. The molecule has 2 fully saturated rings. The first-order valence-corrected chi connectivity index (χ1v) is 7.94. The van der Waals surface area contributed by atoms with Gasteiger partial charge in [-0.15, -0.1) is 11.3 Å². The molecule has 2 aliphatic rings. The molecule has 2 saturated carbocycles. The van der Waals surface area contributed by atoms with Gasteiger partial charge >= 0.3 is 0 Å². The third-order valence-electron chi connectivity index (χ3n) is 4.95. The monoisotopic (exact) mass is 286 g/mol. The van der Waals surface area contributed by atoms with Crippen LogP contribution in [-0.2, 0) is 0 Å². The quantitative estimate of drug-likeness (QED) is 0.892. The normalized spacial score (nSPS) is 28.9. The summed E-state index contributed by atoms with van der Waals surface area (Å²) in [7, 11) is 0. The molecule has 0 aliphatic heterocycles. The van der Waals surface area contributed by atoms with E-state index in [0.717, 1.165) is 16.8 Å². The van der Waals surface area contributed by atoms with Crippen molar-refractivity contribution in [2.75, 3.05) is 11.1 Å². The van der Waals surface area contributed by atoms with Crippen molar-refractivity contribution < 1.29 is 0 Å². The van der Waals surface area contributed by atoms with Crippen LogP contribution in [0.5, 0.6) is 0 Å². The van der Waals surface area contributed by atoms with Gasteiger partial charge in [-0.25, -0.2) is 0 Å². The number of rotatable bonds is 3. The van der Waals surface area contributed by atoms with E-state index in [9.17, 15) is 5.26 Å². The molecule has 0 aromatic carbocycles. The van der Waals surface area contributed by atoms with Gasteiger partial charge in [-0.05, 0) is 43.9 Å². The summed E-state index contributed by atoms with van der Waals surface area (Å²) >= 11 is 1.30. The van der Waals surface area contributed by atoms with Gasteiger partial charge in [0.2, 0.25) is 0 Å². The van der Waals surface area contributed by atoms with E-state index in [1.807, 2.05) is 0 Å². The Bertz CT molecular complexity index is 607. The maximum atomic E-state index is 9.22. The van der Waals surface area contributed by atoms with Crippen LogP contribution in [0.15, 0.2) is 0 Å². The lowest BCUT2D eigenvalue weighted by Gasteiger charge is -2.28. The summed E-state index contributed by atoms with van der Waals surface area (Å²) < 4.78 is 0. The molecular formula is C15H18N4S. The fourth-order valence-electron chi connectivity index (χ4n) is 3.96. The highest BCUT2D eigenvalue weighted by atomic mass is 32.1. The van der Waals surface area contributed by atoms with Crippen molar-refractivity contribution in [1.82, 2.24) is 0 Å². The molecule has 4 nitrogen and oxygen atoms in total. The predicted octanol–water partition coefficient (Wildman–Crippen LogP) is 3.31. The van der Waals surface area contributed by atoms with Crippen LogP contribution in [0.3, 0.4) is 0 Å². The van der Waals surface area contributed by atoms with Crippen LogP contribution in [0.4, 0.5) is 10.7 Å². The molecule has 1 aromatic rings. The molecule has 0 radical (unpaired) electrons. The van der Waals surface area contributed by atoms with Crippen LogP contribution in [-0.4, -0.2) is 6.04 Å². The SMILES string of the molecule is CC(Nc1sc(C#N)c(N)c1C#N)C1CC2CCC1C2. The first-order valence-electron chi connectivity index (χ1n) is 7.13. The second-order valence-corrected chi connectivity index (χ2v) is 7.06. The van der Waals surface area contributed by atoms with Crippen molar-refractivity contribution in [2.24, 2.45) is 17.8 Å². The van der Waals surface area contributed by atoms with Gasteiger partial charge in [-0.3, -0.25) is 0 Å². The second-order valence-electron chi connectivity index (χ2n) is 6.04. The molecule has 1 aromatic heterocycles. The van der Waals surface area contributed by atoms with Gasteiger partial charge in [0.05, 0.1) is 5.69 Å². The molecule has 0 saturated heterocycles. The standard InChI is InChI=1S/C15H18N4S/c1-8(11-5-9-2-3-10(11)4-9)19-15-12(6-16)14(18)13(7-17)20-15/h8-11,19H,2-5,18H2,1H3. The van der Waals surface area contributed by atoms with E-state index in [4.69, 9.17) is 11.0 Å². The Labute approximate surface area is 123 Å². The summed E-state index contributed by atoms with van der Waals surface area (Å²) in [6.07, 6.45) is 5.41. The Balaban J connectivity index is 1.78. The van der Waals surface area contributed by atoms with E-state index in [0.29, 0.717) is 28.1 Å². The molecule has 2 aliphatic carbocycles. The zero-order valence-electron chi connectivity index (χ0n) is 11.5. The van der Waals surface area contributed by atoms with E-state index >= 15 is 0 Å². The maximum absolute atomic E-state index is 9.22. The molecule has 2 bridgehead atoms. The van der Waals surface area contributed by atoms with Crippen molar-refractivity contribution in [3.63, 3.8) is 0 Å². The summed E-state index contributed by atoms with van der Waals surface area (Å²) in [6, 6.07) is 4.52. The molecule has 20 heavy (non-hydrogen) atoms. The van der Waals surface area contributed by atoms with Gasteiger partial charge in [0.1, 0.15) is 27.6 Å². The molecule has 4 unspecified atom stereocenters. The van der Waals surface area contributed by atoms with Crippen molar-refractivity contribution in [3.05, 3.63) is 10.4 Å². The maximum Gasteiger partial charge on any atom is 0.131 e. The average Bonchev–Trinajstić information content (AvgIpc) is 3.13. The van der Waals surface area contributed by atoms with Crippen molar-refractivity contribution in [2.45, 2.75) is 38.6 Å². The summed E-state index contributed by atoms with van der Waals surface area (Å²) in [5.74, 6) is 2.43. The van der Waals surface area contributed by atoms with Gasteiger partial charge in [-0.1, -0.05) is 6.42 Å². The zero-order chi connectivity index (χ0) is 14.3. The fourth-order valence-corrected chi connectivity index (χ4v) is 4.92. The topological polar surface area (TPSA) is 85.6 Å². The number of fused-ring (bicyclic) bond motifs is 2. The van der Waals surface area contributed by atoms with E-state index in [-0.39, 0.29) is 0 Å². The van der Waals surface area contributed by atoms with Crippen LogP contribution in [0.2, 0.25) is 0 Å². The zero-order valence-corrected chi connectivity index (χ0v) is 12.3. The lowest BCUT2D eigenvalue weighted by Crippen LogP contribution is -2.29. The lowest BCUT2D eigenvalue weighted by molar-refractivity contribution is 0.304. The van der Waals surface area contributed by atoms with Crippen LogP contribution >= 0.6 is 11.3 Å². The van der Waals surface area contributed by atoms with E-state index < -0.39 is 0 Å². The predicted molar refractivity (Wildman–Crippen MR) is 80.2 cm³/mol. The van der Waals surface area contributed by atoms with E-state index in [1.165, 1.54) is 37.0 Å². The highest BCUT2D eigenvalue weighted by Crippen LogP contribution is 2.50. The van der Waals surface area contributed by atoms with Gasteiger partial charge in [0.15, 0.2) is 0 Å². The Morgan fingerprint density at radius 1 is 1.30 bits per heavy atom.